The van der Waals surface area contributed by atoms with Crippen molar-refractivity contribution in [3.05, 3.63) is 125 Å². The minimum atomic E-state index is -0.534. The normalized spacial score (nSPS) is 14.7. The Bertz CT molecular complexity index is 1180. The van der Waals surface area contributed by atoms with Gasteiger partial charge in [0.2, 0.25) is 0 Å². The van der Waals surface area contributed by atoms with Crippen molar-refractivity contribution in [2.24, 2.45) is 0 Å². The summed E-state index contributed by atoms with van der Waals surface area (Å²) >= 11 is 0. The number of nitrogens with zero attached hydrogens (tertiary/aromatic N) is 2. The Hall–Kier alpha value is -3.39. The number of benzene rings is 3. The molecule has 0 unspecified atom stereocenters. The van der Waals surface area contributed by atoms with E-state index in [1.165, 1.54) is 0 Å². The molecule has 1 aliphatic rings. The lowest BCUT2D eigenvalue weighted by molar-refractivity contribution is -0.602. The third-order valence-corrected chi connectivity index (χ3v) is 5.77. The number of imidazole rings is 1. The van der Waals surface area contributed by atoms with Gasteiger partial charge in [-0.25, -0.2) is 4.57 Å². The van der Waals surface area contributed by atoms with Crippen LogP contribution in [0.3, 0.4) is 0 Å². The third kappa shape index (κ3) is 2.31. The fraction of sp³-hybridized carbons (Fsp3) is 0.115. The lowest BCUT2D eigenvalue weighted by atomic mass is 9.83. The van der Waals surface area contributed by atoms with Gasteiger partial charge < -0.3 is 0 Å². The molecule has 0 radical (unpaired) electrons. The zero-order chi connectivity index (χ0) is 20.0. The summed E-state index contributed by atoms with van der Waals surface area (Å²) in [7, 11) is 0. The number of rotatable bonds is 3. The first-order valence-corrected chi connectivity index (χ1v) is 9.65. The highest BCUT2D eigenvalue weighted by Gasteiger charge is 2.45. The first-order valence-electron chi connectivity index (χ1n) is 10.2. The van der Waals surface area contributed by atoms with E-state index >= 15 is 0 Å². The van der Waals surface area contributed by atoms with Gasteiger partial charge in [0.1, 0.15) is 5.69 Å². The van der Waals surface area contributed by atoms with Crippen molar-refractivity contribution >= 4 is 6.08 Å². The molecule has 0 saturated carbocycles. The Labute approximate surface area is 167 Å². The van der Waals surface area contributed by atoms with Gasteiger partial charge >= 0.3 is 0 Å². The average Bonchev–Trinajstić information content (AvgIpc) is 3.28. The van der Waals surface area contributed by atoms with Gasteiger partial charge in [0, 0.05) is 18.1 Å². The van der Waals surface area contributed by atoms with Crippen LogP contribution in [0.15, 0.2) is 97.3 Å². The maximum Gasteiger partial charge on any atom is 0.251 e. The SMILES string of the molecule is [2H]c1n2c(c(C)[n+]1-c1ccccc1C)C=CC2(c1ccccc1)c1ccccc1. The second-order valence-corrected chi connectivity index (χ2v) is 7.36. The molecule has 136 valence electrons. The molecular weight excluding hydrogens is 340 g/mol. The smallest absolute Gasteiger partial charge is 0.212 e. The van der Waals surface area contributed by atoms with Crippen LogP contribution in [0, 0.1) is 13.8 Å². The summed E-state index contributed by atoms with van der Waals surface area (Å²) in [5.41, 5.74) is 6.14. The molecule has 0 spiro atoms. The molecule has 0 N–H and O–H groups in total. The third-order valence-electron chi connectivity index (χ3n) is 5.77. The summed E-state index contributed by atoms with van der Waals surface area (Å²) in [5.74, 6) is 0. The molecule has 0 saturated heterocycles. The first kappa shape index (κ1) is 15.6. The van der Waals surface area contributed by atoms with Crippen LogP contribution in [0.2, 0.25) is 0 Å². The molecule has 2 heterocycles. The maximum absolute atomic E-state index is 9.22. The Morgan fingerprint density at radius 1 is 0.786 bits per heavy atom. The molecule has 5 rings (SSSR count). The fourth-order valence-corrected chi connectivity index (χ4v) is 4.29. The van der Waals surface area contributed by atoms with Crippen molar-refractivity contribution in [1.82, 2.24) is 4.57 Å². The highest BCUT2D eigenvalue weighted by molar-refractivity contribution is 5.62. The van der Waals surface area contributed by atoms with E-state index in [0.29, 0.717) is 6.30 Å². The molecular formula is C26H23N2+. The molecule has 28 heavy (non-hydrogen) atoms. The van der Waals surface area contributed by atoms with Crippen molar-refractivity contribution in [3.63, 3.8) is 0 Å². The van der Waals surface area contributed by atoms with E-state index in [1.807, 2.05) is 24.3 Å². The molecule has 0 amide bonds. The van der Waals surface area contributed by atoms with Crippen molar-refractivity contribution < 1.29 is 5.94 Å². The molecule has 1 aliphatic heterocycles. The largest absolute Gasteiger partial charge is 0.251 e. The number of para-hydroxylation sites is 1. The number of hydrogen-bond donors (Lipinski definition) is 0. The average molecular weight is 364 g/mol. The second-order valence-electron chi connectivity index (χ2n) is 7.36. The number of fused-ring (bicyclic) bond motifs is 1. The summed E-state index contributed by atoms with van der Waals surface area (Å²) < 4.78 is 13.5. The lowest BCUT2D eigenvalue weighted by Crippen LogP contribution is -2.36. The minimum absolute atomic E-state index is 0.476. The summed E-state index contributed by atoms with van der Waals surface area (Å²) in [6.45, 7) is 4.20. The minimum Gasteiger partial charge on any atom is -0.212 e. The molecule has 0 atom stereocenters. The van der Waals surface area contributed by atoms with Gasteiger partial charge in [-0.3, -0.25) is 0 Å². The summed E-state index contributed by atoms with van der Waals surface area (Å²) in [6.07, 6.45) is 4.88. The van der Waals surface area contributed by atoms with Crippen LogP contribution in [0.1, 0.15) is 29.4 Å². The van der Waals surface area contributed by atoms with E-state index in [2.05, 4.69) is 95.8 Å². The highest BCUT2D eigenvalue weighted by Crippen LogP contribution is 2.41. The van der Waals surface area contributed by atoms with Gasteiger partial charge in [-0.05, 0) is 30.7 Å². The van der Waals surface area contributed by atoms with E-state index in [4.69, 9.17) is 0 Å². The second kappa shape index (κ2) is 6.35. The Balaban J connectivity index is 1.85. The van der Waals surface area contributed by atoms with Crippen LogP contribution in [0.5, 0.6) is 0 Å². The zero-order valence-corrected chi connectivity index (χ0v) is 16.1. The topological polar surface area (TPSA) is 8.81 Å². The Morgan fingerprint density at radius 2 is 1.36 bits per heavy atom. The van der Waals surface area contributed by atoms with Crippen LogP contribution in [-0.4, -0.2) is 4.57 Å². The monoisotopic (exact) mass is 364 g/mol. The number of allylic oxidation sites excluding steroid dienone is 1. The van der Waals surface area contributed by atoms with E-state index < -0.39 is 5.54 Å². The highest BCUT2D eigenvalue weighted by atomic mass is 15.2. The van der Waals surface area contributed by atoms with Crippen LogP contribution in [0.25, 0.3) is 11.8 Å². The van der Waals surface area contributed by atoms with Gasteiger partial charge in [-0.1, -0.05) is 78.9 Å². The van der Waals surface area contributed by atoms with Gasteiger partial charge in [0.05, 0.1) is 0 Å². The van der Waals surface area contributed by atoms with Crippen molar-refractivity contribution in [2.75, 3.05) is 0 Å². The molecule has 3 aromatic carbocycles. The van der Waals surface area contributed by atoms with E-state index in [1.54, 1.807) is 0 Å². The molecule has 0 bridgehead atoms. The molecule has 2 nitrogen and oxygen atoms in total. The predicted molar refractivity (Wildman–Crippen MR) is 114 cm³/mol. The van der Waals surface area contributed by atoms with E-state index in [-0.39, 0.29) is 0 Å². The number of aromatic nitrogens is 2. The van der Waals surface area contributed by atoms with Crippen molar-refractivity contribution in [3.8, 4) is 5.69 Å². The molecule has 0 aliphatic carbocycles. The van der Waals surface area contributed by atoms with Gasteiger partial charge in [-0.15, -0.1) is 0 Å². The maximum atomic E-state index is 9.22. The van der Waals surface area contributed by atoms with Gasteiger partial charge in [0.15, 0.2) is 18.3 Å². The zero-order valence-electron chi connectivity index (χ0n) is 17.1. The molecule has 2 heteroatoms. The van der Waals surface area contributed by atoms with Crippen LogP contribution >= 0.6 is 0 Å². The standard InChI is InChI=1S/C26H23N2/c1-20-11-9-10-16-24(20)27-19-28-25(21(27)2)17-18-26(28,22-12-5-3-6-13-22)23-14-7-4-8-15-23/h3-19H,1-2H3/q+1/i19D. The van der Waals surface area contributed by atoms with Crippen LogP contribution in [0.4, 0.5) is 0 Å². The molecule has 1 aromatic heterocycles. The Kier molecular flexibility index (Phi) is 3.55. The summed E-state index contributed by atoms with van der Waals surface area (Å²) in [6, 6.07) is 29.2. The van der Waals surface area contributed by atoms with Crippen LogP contribution < -0.4 is 4.57 Å². The fourth-order valence-electron chi connectivity index (χ4n) is 4.29. The number of aryl methyl sites for hydroxylation is 1. The van der Waals surface area contributed by atoms with E-state index in [0.717, 1.165) is 33.8 Å². The van der Waals surface area contributed by atoms with E-state index in [9.17, 15) is 1.37 Å². The Morgan fingerprint density at radius 3 is 1.96 bits per heavy atom. The predicted octanol–water partition coefficient (Wildman–Crippen LogP) is 5.20. The lowest BCUT2D eigenvalue weighted by Gasteiger charge is -2.26. The van der Waals surface area contributed by atoms with Gasteiger partial charge in [0.25, 0.3) is 6.30 Å². The van der Waals surface area contributed by atoms with Crippen molar-refractivity contribution in [1.29, 1.82) is 0 Å². The number of hydrogen-bond acceptors (Lipinski definition) is 0. The summed E-state index contributed by atoms with van der Waals surface area (Å²) in [4.78, 5) is 0. The molecule has 4 aromatic rings. The quantitative estimate of drug-likeness (QED) is 0.442. The van der Waals surface area contributed by atoms with Crippen molar-refractivity contribution in [2.45, 2.75) is 19.4 Å². The van der Waals surface area contributed by atoms with Gasteiger partial charge in [-0.2, -0.15) is 4.57 Å². The van der Waals surface area contributed by atoms with Crippen LogP contribution in [-0.2, 0) is 5.54 Å². The molecule has 0 fully saturated rings. The summed E-state index contributed by atoms with van der Waals surface area (Å²) in [5, 5.41) is 0. The first-order chi connectivity index (χ1) is 14.1.